The molecule has 4 heterocycles. The van der Waals surface area contributed by atoms with Crippen LogP contribution in [0.3, 0.4) is 0 Å². The molecule has 1 atom stereocenters. The number of nitrogens with two attached hydrogens (primary N) is 1. The number of hydrogen-bond donors (Lipinski definition) is 1. The van der Waals surface area contributed by atoms with Gasteiger partial charge < -0.3 is 19.9 Å². The van der Waals surface area contributed by atoms with Crippen LogP contribution in [-0.2, 0) is 15.0 Å². The Morgan fingerprint density at radius 1 is 1.03 bits per heavy atom. The fraction of sp³-hybridized carbons (Fsp3) is 0.200. The van der Waals surface area contributed by atoms with Gasteiger partial charge in [-0.15, -0.1) is 0 Å². The molecule has 3 aliphatic rings. The molecule has 3 aliphatic heterocycles. The van der Waals surface area contributed by atoms with Crippen molar-refractivity contribution in [2.24, 2.45) is 10.7 Å². The molecule has 0 unspecified atom stereocenters. The van der Waals surface area contributed by atoms with E-state index in [-0.39, 0.29) is 18.4 Å². The fourth-order valence-corrected chi connectivity index (χ4v) is 4.60. The van der Waals surface area contributed by atoms with E-state index in [0.717, 1.165) is 34.2 Å². The third-order valence-corrected chi connectivity index (χ3v) is 6.19. The molecule has 0 radical (unpaired) electrons. The van der Waals surface area contributed by atoms with Crippen LogP contribution in [0.2, 0.25) is 0 Å². The van der Waals surface area contributed by atoms with Gasteiger partial charge >= 0.3 is 0 Å². The quantitative estimate of drug-likeness (QED) is 0.654. The Hall–Kier alpha value is -3.71. The van der Waals surface area contributed by atoms with Crippen molar-refractivity contribution in [2.75, 3.05) is 19.8 Å². The van der Waals surface area contributed by atoms with Crippen LogP contribution in [0.15, 0.2) is 65.9 Å². The number of aromatic nitrogens is 1. The zero-order valence-electron chi connectivity index (χ0n) is 17.2. The van der Waals surface area contributed by atoms with Crippen molar-refractivity contribution in [3.63, 3.8) is 0 Å². The second-order valence-electron chi connectivity index (χ2n) is 8.04. The van der Waals surface area contributed by atoms with Gasteiger partial charge in [0, 0.05) is 29.1 Å². The first-order valence-corrected chi connectivity index (χ1v) is 10.5. The molecule has 0 saturated heterocycles. The molecule has 3 aromatic rings. The van der Waals surface area contributed by atoms with Gasteiger partial charge in [0.2, 0.25) is 0 Å². The van der Waals surface area contributed by atoms with Crippen LogP contribution in [0.4, 0.5) is 4.39 Å². The molecule has 160 valence electrons. The van der Waals surface area contributed by atoms with Crippen LogP contribution < -0.4 is 10.5 Å². The van der Waals surface area contributed by atoms with E-state index in [1.165, 1.54) is 6.07 Å². The number of fused-ring (bicyclic) bond motifs is 4. The van der Waals surface area contributed by atoms with Gasteiger partial charge in [0.15, 0.2) is 17.1 Å². The molecule has 0 fully saturated rings. The molecule has 32 heavy (non-hydrogen) atoms. The van der Waals surface area contributed by atoms with Gasteiger partial charge in [0.25, 0.3) is 6.02 Å². The van der Waals surface area contributed by atoms with Gasteiger partial charge in [-0.3, -0.25) is 4.98 Å². The Morgan fingerprint density at radius 2 is 1.94 bits per heavy atom. The summed E-state index contributed by atoms with van der Waals surface area (Å²) in [5, 5.41) is 0. The van der Waals surface area contributed by atoms with Gasteiger partial charge in [-0.2, -0.15) is 0 Å². The van der Waals surface area contributed by atoms with Crippen LogP contribution >= 0.6 is 0 Å². The number of benzene rings is 2. The van der Waals surface area contributed by atoms with E-state index in [1.54, 1.807) is 12.4 Å². The lowest BCUT2D eigenvalue weighted by Crippen LogP contribution is -2.31. The largest absolute Gasteiger partial charge is 0.462 e. The van der Waals surface area contributed by atoms with Crippen molar-refractivity contribution in [3.8, 4) is 22.6 Å². The maximum Gasteiger partial charge on any atom is 0.283 e. The molecule has 0 aliphatic carbocycles. The predicted octanol–water partition coefficient (Wildman–Crippen LogP) is 4.39. The lowest BCUT2D eigenvalue weighted by molar-refractivity contribution is 0.161. The molecule has 7 heteroatoms. The first-order chi connectivity index (χ1) is 15.6. The maximum atomic E-state index is 15.3. The third kappa shape index (κ3) is 2.89. The zero-order valence-corrected chi connectivity index (χ0v) is 17.2. The van der Waals surface area contributed by atoms with E-state index in [9.17, 15) is 0 Å². The summed E-state index contributed by atoms with van der Waals surface area (Å²) in [7, 11) is 0. The second-order valence-corrected chi connectivity index (χ2v) is 8.04. The maximum absolute atomic E-state index is 15.3. The van der Waals surface area contributed by atoms with Gasteiger partial charge in [0.1, 0.15) is 12.4 Å². The molecule has 2 N–H and O–H groups in total. The highest BCUT2D eigenvalue weighted by molar-refractivity contribution is 5.79. The van der Waals surface area contributed by atoms with Gasteiger partial charge in [-0.1, -0.05) is 18.2 Å². The van der Waals surface area contributed by atoms with Gasteiger partial charge in [-0.05, 0) is 53.5 Å². The molecule has 0 amide bonds. The highest BCUT2D eigenvalue weighted by Crippen LogP contribution is 2.53. The number of amidine groups is 1. The standard InChI is InChI=1S/C25H20FN3O3/c26-21-12-18(15-5-8-30-9-6-15)11-20-23(21)32-22-4-3-16(17-2-1-7-28-13-17)10-19(22)25(20)14-31-24(27)29-25/h1-5,7,10-13H,6,8-9,14H2,(H2,27,29)/t25-/m0/s1. The summed E-state index contributed by atoms with van der Waals surface area (Å²) < 4.78 is 32.5. The van der Waals surface area contributed by atoms with E-state index < -0.39 is 11.4 Å². The topological polar surface area (TPSA) is 79.0 Å². The van der Waals surface area contributed by atoms with Crippen LogP contribution in [0.25, 0.3) is 16.7 Å². The Morgan fingerprint density at radius 3 is 2.69 bits per heavy atom. The van der Waals surface area contributed by atoms with Crippen molar-refractivity contribution < 1.29 is 18.6 Å². The molecular formula is C25H20FN3O3. The number of halogens is 1. The summed E-state index contributed by atoms with van der Waals surface area (Å²) in [6, 6.07) is 13.2. The summed E-state index contributed by atoms with van der Waals surface area (Å²) in [5.41, 5.74) is 10.1. The van der Waals surface area contributed by atoms with Crippen LogP contribution in [0.1, 0.15) is 23.1 Å². The van der Waals surface area contributed by atoms with Gasteiger partial charge in [-0.25, -0.2) is 9.38 Å². The van der Waals surface area contributed by atoms with E-state index in [0.29, 0.717) is 24.5 Å². The van der Waals surface area contributed by atoms with Crippen LogP contribution in [0, 0.1) is 5.82 Å². The van der Waals surface area contributed by atoms with Crippen molar-refractivity contribution in [3.05, 3.63) is 83.4 Å². The second kappa shape index (κ2) is 7.17. The third-order valence-electron chi connectivity index (χ3n) is 6.19. The number of rotatable bonds is 2. The minimum Gasteiger partial charge on any atom is -0.462 e. The summed E-state index contributed by atoms with van der Waals surface area (Å²) in [5.74, 6) is 0.251. The molecular weight excluding hydrogens is 409 g/mol. The smallest absolute Gasteiger partial charge is 0.283 e. The molecule has 6 nitrogen and oxygen atoms in total. The zero-order chi connectivity index (χ0) is 21.7. The average molecular weight is 429 g/mol. The average Bonchev–Trinajstić information content (AvgIpc) is 3.23. The fourth-order valence-electron chi connectivity index (χ4n) is 4.60. The van der Waals surface area contributed by atoms with Crippen LogP contribution in [0.5, 0.6) is 11.5 Å². The molecule has 0 bridgehead atoms. The van der Waals surface area contributed by atoms with Crippen molar-refractivity contribution in [2.45, 2.75) is 12.0 Å². The Bertz CT molecular complexity index is 1290. The normalized spacial score (nSPS) is 21.2. The molecule has 1 spiro atoms. The minimum absolute atomic E-state index is 0.0756. The summed E-state index contributed by atoms with van der Waals surface area (Å²) >= 11 is 0. The molecule has 1 aromatic heterocycles. The summed E-state index contributed by atoms with van der Waals surface area (Å²) in [6.07, 6.45) is 6.23. The highest BCUT2D eigenvalue weighted by Gasteiger charge is 2.48. The lowest BCUT2D eigenvalue weighted by atomic mass is 9.79. The van der Waals surface area contributed by atoms with E-state index in [4.69, 9.17) is 24.9 Å². The van der Waals surface area contributed by atoms with Crippen LogP contribution in [-0.4, -0.2) is 30.8 Å². The number of aliphatic imine (C=N–C) groups is 1. The Balaban J connectivity index is 1.56. The van der Waals surface area contributed by atoms with E-state index in [1.807, 2.05) is 42.5 Å². The first kappa shape index (κ1) is 19.0. The van der Waals surface area contributed by atoms with Crippen molar-refractivity contribution in [1.29, 1.82) is 0 Å². The van der Waals surface area contributed by atoms with E-state index >= 15 is 4.39 Å². The number of ether oxygens (including phenoxy) is 3. The monoisotopic (exact) mass is 429 g/mol. The molecule has 2 aromatic carbocycles. The SMILES string of the molecule is NC1=N[C@@]2(CO1)c1cc(-c3cccnc3)ccc1Oc1c(F)cc(C3=CCOCC3)cc12. The number of hydrogen-bond acceptors (Lipinski definition) is 6. The number of nitrogens with zero attached hydrogens (tertiary/aromatic N) is 2. The summed E-state index contributed by atoms with van der Waals surface area (Å²) in [6.45, 7) is 1.29. The van der Waals surface area contributed by atoms with E-state index in [2.05, 4.69) is 4.98 Å². The Labute approximate surface area is 184 Å². The van der Waals surface area contributed by atoms with Crippen molar-refractivity contribution >= 4 is 11.6 Å². The predicted molar refractivity (Wildman–Crippen MR) is 118 cm³/mol. The molecule has 6 rings (SSSR count). The first-order valence-electron chi connectivity index (χ1n) is 10.5. The summed E-state index contributed by atoms with van der Waals surface area (Å²) in [4.78, 5) is 8.91. The van der Waals surface area contributed by atoms with Gasteiger partial charge in [0.05, 0.1) is 13.2 Å². The minimum atomic E-state index is -0.992. The molecule has 0 saturated carbocycles. The highest BCUT2D eigenvalue weighted by atomic mass is 19.1. The number of pyridine rings is 1. The lowest BCUT2D eigenvalue weighted by Gasteiger charge is -2.34. The Kier molecular flexibility index (Phi) is 4.26. The van der Waals surface area contributed by atoms with Crippen molar-refractivity contribution in [1.82, 2.24) is 4.98 Å².